The zero-order valence-electron chi connectivity index (χ0n) is 12.5. The van der Waals surface area contributed by atoms with Gasteiger partial charge in [-0.2, -0.15) is 0 Å². The molecule has 2 aromatic carbocycles. The van der Waals surface area contributed by atoms with E-state index in [0.717, 1.165) is 12.0 Å². The van der Waals surface area contributed by atoms with Crippen molar-refractivity contribution < 1.29 is 9.84 Å². The molecule has 0 spiro atoms. The van der Waals surface area contributed by atoms with Crippen molar-refractivity contribution in [1.29, 1.82) is 0 Å². The molecule has 1 aliphatic rings. The van der Waals surface area contributed by atoms with Gasteiger partial charge in [0.15, 0.2) is 0 Å². The molecule has 1 saturated heterocycles. The lowest BCUT2D eigenvalue weighted by Crippen LogP contribution is -2.38. The molecule has 1 fully saturated rings. The third-order valence-corrected chi connectivity index (χ3v) is 4.42. The number of rotatable bonds is 3. The van der Waals surface area contributed by atoms with Gasteiger partial charge in [-0.05, 0) is 23.1 Å². The van der Waals surface area contributed by atoms with Crippen LogP contribution in [-0.2, 0) is 10.3 Å². The van der Waals surface area contributed by atoms with Crippen molar-refractivity contribution in [3.05, 3.63) is 60.2 Å². The highest BCUT2D eigenvalue weighted by atomic mass is 16.5. The zero-order chi connectivity index (χ0) is 14.7. The van der Waals surface area contributed by atoms with Crippen molar-refractivity contribution >= 4 is 0 Å². The van der Waals surface area contributed by atoms with E-state index in [0.29, 0.717) is 19.4 Å². The van der Waals surface area contributed by atoms with Crippen LogP contribution in [0.15, 0.2) is 54.6 Å². The molecule has 21 heavy (non-hydrogen) atoms. The minimum absolute atomic E-state index is 0.164. The monoisotopic (exact) mass is 282 g/mol. The lowest BCUT2D eigenvalue weighted by Gasteiger charge is -2.37. The van der Waals surface area contributed by atoms with Gasteiger partial charge >= 0.3 is 0 Å². The predicted octanol–water partition coefficient (Wildman–Crippen LogP) is 4.13. The van der Waals surface area contributed by atoms with Crippen LogP contribution in [0.2, 0.25) is 0 Å². The van der Waals surface area contributed by atoms with Crippen LogP contribution in [0.1, 0.15) is 31.7 Å². The van der Waals surface area contributed by atoms with Crippen molar-refractivity contribution in [3.8, 4) is 11.1 Å². The third kappa shape index (κ3) is 3.02. The van der Waals surface area contributed by atoms with Crippen LogP contribution >= 0.6 is 0 Å². The van der Waals surface area contributed by atoms with Crippen molar-refractivity contribution in [2.24, 2.45) is 0 Å². The Morgan fingerprint density at radius 1 is 1.05 bits per heavy atom. The molecule has 2 unspecified atom stereocenters. The average molecular weight is 282 g/mol. The third-order valence-electron chi connectivity index (χ3n) is 4.42. The smallest absolute Gasteiger partial charge is 0.0943 e. The highest BCUT2D eigenvalue weighted by Crippen LogP contribution is 2.36. The topological polar surface area (TPSA) is 29.5 Å². The second kappa shape index (κ2) is 6.00. The summed E-state index contributed by atoms with van der Waals surface area (Å²) in [6, 6.07) is 18.6. The highest BCUT2D eigenvalue weighted by molar-refractivity contribution is 5.63. The van der Waals surface area contributed by atoms with Gasteiger partial charge in [-0.15, -0.1) is 0 Å². The SMILES string of the molecule is CCC1CC(O)(c2ccc(-c3ccccc3)cc2)CCO1. The first-order valence-electron chi connectivity index (χ1n) is 7.71. The molecule has 2 nitrogen and oxygen atoms in total. The van der Waals surface area contributed by atoms with Gasteiger partial charge in [0, 0.05) is 12.8 Å². The van der Waals surface area contributed by atoms with Crippen LogP contribution in [0, 0.1) is 0 Å². The molecule has 3 rings (SSSR count). The molecule has 0 radical (unpaired) electrons. The van der Waals surface area contributed by atoms with Crippen molar-refractivity contribution in [2.75, 3.05) is 6.61 Å². The Morgan fingerprint density at radius 3 is 2.38 bits per heavy atom. The molecule has 0 bridgehead atoms. The van der Waals surface area contributed by atoms with Crippen LogP contribution in [0.4, 0.5) is 0 Å². The Bertz CT molecular complexity index is 576. The summed E-state index contributed by atoms with van der Waals surface area (Å²) in [5.74, 6) is 0. The van der Waals surface area contributed by atoms with E-state index in [-0.39, 0.29) is 6.10 Å². The molecule has 1 heterocycles. The predicted molar refractivity (Wildman–Crippen MR) is 85.0 cm³/mol. The molecule has 0 amide bonds. The molecule has 2 heteroatoms. The van der Waals surface area contributed by atoms with E-state index in [1.54, 1.807) is 0 Å². The van der Waals surface area contributed by atoms with Crippen molar-refractivity contribution in [1.82, 2.24) is 0 Å². The standard InChI is InChI=1S/C19H22O2/c1-2-18-14-19(20,12-13-21-18)17-10-8-16(9-11-17)15-6-4-3-5-7-15/h3-11,18,20H,2,12-14H2,1H3. The van der Waals surface area contributed by atoms with Crippen LogP contribution in [0.3, 0.4) is 0 Å². The van der Waals surface area contributed by atoms with Crippen LogP contribution in [0.5, 0.6) is 0 Å². The second-order valence-corrected chi connectivity index (χ2v) is 5.83. The maximum Gasteiger partial charge on any atom is 0.0943 e. The number of hydrogen-bond donors (Lipinski definition) is 1. The molecule has 0 aliphatic carbocycles. The summed E-state index contributed by atoms with van der Waals surface area (Å²) < 4.78 is 5.68. The Balaban J connectivity index is 1.83. The van der Waals surface area contributed by atoms with Crippen molar-refractivity contribution in [3.63, 3.8) is 0 Å². The molecule has 0 aromatic heterocycles. The Labute approximate surface area is 126 Å². The van der Waals surface area contributed by atoms with Gasteiger partial charge < -0.3 is 9.84 Å². The maximum absolute atomic E-state index is 10.9. The lowest BCUT2D eigenvalue weighted by molar-refractivity contribution is -0.108. The molecule has 1 N–H and O–H groups in total. The van der Waals surface area contributed by atoms with E-state index in [2.05, 4.69) is 43.3 Å². The molecule has 110 valence electrons. The summed E-state index contributed by atoms with van der Waals surface area (Å²) in [7, 11) is 0. The zero-order valence-corrected chi connectivity index (χ0v) is 12.5. The molecule has 1 aliphatic heterocycles. The Morgan fingerprint density at radius 2 is 1.71 bits per heavy atom. The van der Waals surface area contributed by atoms with Crippen LogP contribution in [0.25, 0.3) is 11.1 Å². The van der Waals surface area contributed by atoms with Gasteiger partial charge in [0.1, 0.15) is 0 Å². The fourth-order valence-corrected chi connectivity index (χ4v) is 3.06. The normalized spacial score (nSPS) is 25.7. The van der Waals surface area contributed by atoms with E-state index in [4.69, 9.17) is 4.74 Å². The number of hydrogen-bond acceptors (Lipinski definition) is 2. The minimum atomic E-state index is -0.742. The number of ether oxygens (including phenoxy) is 1. The number of aliphatic hydroxyl groups is 1. The second-order valence-electron chi connectivity index (χ2n) is 5.83. The first-order valence-corrected chi connectivity index (χ1v) is 7.71. The molecule has 2 aromatic rings. The lowest BCUT2D eigenvalue weighted by atomic mass is 9.82. The molecular formula is C19H22O2. The van der Waals surface area contributed by atoms with Gasteiger partial charge in [-0.1, -0.05) is 61.5 Å². The van der Waals surface area contributed by atoms with Crippen LogP contribution in [-0.4, -0.2) is 17.8 Å². The van der Waals surface area contributed by atoms with Crippen molar-refractivity contribution in [2.45, 2.75) is 37.9 Å². The first kappa shape index (κ1) is 14.3. The fraction of sp³-hybridized carbons (Fsp3) is 0.368. The van der Waals surface area contributed by atoms with Gasteiger partial charge in [0.2, 0.25) is 0 Å². The summed E-state index contributed by atoms with van der Waals surface area (Å²) in [6.07, 6.45) is 2.48. The first-order chi connectivity index (χ1) is 10.2. The summed E-state index contributed by atoms with van der Waals surface area (Å²) in [5, 5.41) is 10.9. The highest BCUT2D eigenvalue weighted by Gasteiger charge is 2.35. The average Bonchev–Trinajstić information content (AvgIpc) is 2.56. The number of benzene rings is 2. The summed E-state index contributed by atoms with van der Waals surface area (Å²) in [4.78, 5) is 0. The Hall–Kier alpha value is -1.64. The fourth-order valence-electron chi connectivity index (χ4n) is 3.06. The summed E-state index contributed by atoms with van der Waals surface area (Å²) in [5.41, 5.74) is 2.65. The molecular weight excluding hydrogens is 260 g/mol. The summed E-state index contributed by atoms with van der Waals surface area (Å²) >= 11 is 0. The molecule has 2 atom stereocenters. The van der Waals surface area contributed by atoms with E-state index in [1.165, 1.54) is 11.1 Å². The van der Waals surface area contributed by atoms with Gasteiger partial charge in [-0.25, -0.2) is 0 Å². The van der Waals surface area contributed by atoms with E-state index >= 15 is 0 Å². The van der Waals surface area contributed by atoms with E-state index in [1.807, 2.05) is 18.2 Å². The van der Waals surface area contributed by atoms with E-state index < -0.39 is 5.60 Å². The van der Waals surface area contributed by atoms with Gasteiger partial charge in [0.05, 0.1) is 18.3 Å². The molecule has 0 saturated carbocycles. The van der Waals surface area contributed by atoms with Gasteiger partial charge in [-0.3, -0.25) is 0 Å². The van der Waals surface area contributed by atoms with Crippen LogP contribution < -0.4 is 0 Å². The van der Waals surface area contributed by atoms with E-state index in [9.17, 15) is 5.11 Å². The largest absolute Gasteiger partial charge is 0.385 e. The minimum Gasteiger partial charge on any atom is -0.385 e. The summed E-state index contributed by atoms with van der Waals surface area (Å²) in [6.45, 7) is 2.74. The maximum atomic E-state index is 10.9. The van der Waals surface area contributed by atoms with Gasteiger partial charge in [0.25, 0.3) is 0 Å². The Kier molecular flexibility index (Phi) is 4.09. The quantitative estimate of drug-likeness (QED) is 0.917.